The van der Waals surface area contributed by atoms with Gasteiger partial charge in [0.1, 0.15) is 5.75 Å². The number of rotatable bonds is 2. The van der Waals surface area contributed by atoms with Crippen LogP contribution in [0.2, 0.25) is 0 Å². The molecule has 3 nitrogen and oxygen atoms in total. The number of hydrogen-bond acceptors (Lipinski definition) is 2. The van der Waals surface area contributed by atoms with Crippen molar-refractivity contribution >= 4 is 5.97 Å². The molecule has 0 saturated carbocycles. The lowest BCUT2D eigenvalue weighted by Gasteiger charge is -2.15. The van der Waals surface area contributed by atoms with Gasteiger partial charge in [-0.3, -0.25) is 0 Å². The lowest BCUT2D eigenvalue weighted by Crippen LogP contribution is -2.10. The number of aliphatic carboxylic acids is 1. The van der Waals surface area contributed by atoms with Crippen LogP contribution in [-0.4, -0.2) is 18.2 Å². The zero-order chi connectivity index (χ0) is 10.8. The summed E-state index contributed by atoms with van der Waals surface area (Å²) in [5.41, 5.74) is 2.71. The minimum atomic E-state index is -0.823. The molecule has 0 heterocycles. The molecule has 15 heavy (non-hydrogen) atoms. The summed E-state index contributed by atoms with van der Waals surface area (Å²) < 4.78 is 5.12. The fourth-order valence-electron chi connectivity index (χ4n) is 1.77. The maximum absolute atomic E-state index is 10.8. The first-order valence-electron chi connectivity index (χ1n) is 4.79. The summed E-state index contributed by atoms with van der Waals surface area (Å²) in [4.78, 5) is 10.8. The molecule has 1 aliphatic carbocycles. The maximum atomic E-state index is 10.8. The number of hydrogen-bond donors (Lipinski definition) is 1. The number of carboxylic acid groups (broad SMARTS) is 1. The van der Waals surface area contributed by atoms with Gasteiger partial charge in [0.25, 0.3) is 0 Å². The van der Waals surface area contributed by atoms with E-state index in [1.54, 1.807) is 13.2 Å². The monoisotopic (exact) mass is 204 g/mol. The van der Waals surface area contributed by atoms with E-state index in [2.05, 4.69) is 0 Å². The minimum absolute atomic E-state index is 0.479. The molecule has 2 rings (SSSR count). The summed E-state index contributed by atoms with van der Waals surface area (Å²) in [6, 6.07) is 5.76. The average Bonchev–Trinajstić information content (AvgIpc) is 2.27. The van der Waals surface area contributed by atoms with Crippen molar-refractivity contribution < 1.29 is 14.6 Å². The van der Waals surface area contributed by atoms with Gasteiger partial charge in [-0.25, -0.2) is 4.79 Å². The van der Waals surface area contributed by atoms with Crippen molar-refractivity contribution in [3.8, 4) is 5.75 Å². The van der Waals surface area contributed by atoms with Crippen LogP contribution in [0.25, 0.3) is 0 Å². The fourth-order valence-corrected chi connectivity index (χ4v) is 1.77. The smallest absolute Gasteiger partial charge is 0.331 e. The Balaban J connectivity index is 2.30. The van der Waals surface area contributed by atoms with Crippen molar-refractivity contribution in [2.75, 3.05) is 7.11 Å². The molecule has 0 fully saturated rings. The Hall–Kier alpha value is -1.77. The third-order valence-electron chi connectivity index (χ3n) is 2.64. The molecule has 0 unspecified atom stereocenters. The number of carboxylic acids is 1. The third-order valence-corrected chi connectivity index (χ3v) is 2.64. The lowest BCUT2D eigenvalue weighted by molar-refractivity contribution is -0.132. The standard InChI is InChI=1S/C12H12O3/c1-15-11-5-4-8-6-10(12(13)14)3-2-9(8)7-11/h3-5,7H,2,6H2,1H3,(H,13,14). The second-order valence-electron chi connectivity index (χ2n) is 3.55. The lowest BCUT2D eigenvalue weighted by atomic mass is 9.91. The quantitative estimate of drug-likeness (QED) is 0.799. The molecule has 78 valence electrons. The van der Waals surface area contributed by atoms with Crippen LogP contribution in [0.5, 0.6) is 5.75 Å². The zero-order valence-corrected chi connectivity index (χ0v) is 8.49. The molecule has 1 aromatic rings. The van der Waals surface area contributed by atoms with Gasteiger partial charge in [-0.15, -0.1) is 0 Å². The minimum Gasteiger partial charge on any atom is -0.497 e. The van der Waals surface area contributed by atoms with Crippen molar-refractivity contribution in [1.29, 1.82) is 0 Å². The van der Waals surface area contributed by atoms with Gasteiger partial charge in [0.15, 0.2) is 0 Å². The molecule has 0 aromatic heterocycles. The molecule has 0 atom stereocenters. The summed E-state index contributed by atoms with van der Waals surface area (Å²) in [5.74, 6) is -0.00241. The molecular formula is C12H12O3. The van der Waals surface area contributed by atoms with E-state index >= 15 is 0 Å². The van der Waals surface area contributed by atoms with E-state index in [0.29, 0.717) is 18.4 Å². The maximum Gasteiger partial charge on any atom is 0.331 e. The first kappa shape index (κ1) is 9.77. The van der Waals surface area contributed by atoms with E-state index in [0.717, 1.165) is 16.9 Å². The fraction of sp³-hybridized carbons (Fsp3) is 0.250. The Kier molecular flexibility index (Phi) is 2.46. The van der Waals surface area contributed by atoms with Gasteiger partial charge in [0.05, 0.1) is 7.11 Å². The summed E-state index contributed by atoms with van der Waals surface area (Å²) >= 11 is 0. The van der Waals surface area contributed by atoms with Crippen LogP contribution in [0, 0.1) is 0 Å². The van der Waals surface area contributed by atoms with E-state index < -0.39 is 5.97 Å². The normalized spacial score (nSPS) is 14.1. The van der Waals surface area contributed by atoms with Crippen molar-refractivity contribution in [2.45, 2.75) is 12.8 Å². The van der Waals surface area contributed by atoms with Crippen LogP contribution in [-0.2, 0) is 17.6 Å². The number of methoxy groups -OCH3 is 1. The second kappa shape index (κ2) is 3.77. The van der Waals surface area contributed by atoms with Gasteiger partial charge in [-0.2, -0.15) is 0 Å². The molecule has 1 aromatic carbocycles. The van der Waals surface area contributed by atoms with E-state index in [1.165, 1.54) is 0 Å². The van der Waals surface area contributed by atoms with Crippen molar-refractivity contribution in [1.82, 2.24) is 0 Å². The number of benzene rings is 1. The molecular weight excluding hydrogens is 192 g/mol. The first-order valence-corrected chi connectivity index (χ1v) is 4.79. The molecule has 0 saturated heterocycles. The summed E-state index contributed by atoms with van der Waals surface area (Å²) in [6.07, 6.45) is 2.95. The van der Waals surface area contributed by atoms with Crippen LogP contribution in [0.15, 0.2) is 29.8 Å². The number of fused-ring (bicyclic) bond motifs is 1. The van der Waals surface area contributed by atoms with Crippen LogP contribution >= 0.6 is 0 Å². The summed E-state index contributed by atoms with van der Waals surface area (Å²) in [7, 11) is 1.63. The Morgan fingerprint density at radius 3 is 2.87 bits per heavy atom. The molecule has 0 spiro atoms. The molecule has 3 heteroatoms. The Labute approximate surface area is 88.0 Å². The number of allylic oxidation sites excluding steroid dienone is 1. The van der Waals surface area contributed by atoms with Gasteiger partial charge >= 0.3 is 5.97 Å². The van der Waals surface area contributed by atoms with Crippen molar-refractivity contribution in [2.24, 2.45) is 0 Å². The molecule has 0 radical (unpaired) electrons. The highest BCUT2D eigenvalue weighted by Gasteiger charge is 2.15. The highest BCUT2D eigenvalue weighted by molar-refractivity contribution is 5.87. The van der Waals surface area contributed by atoms with E-state index in [9.17, 15) is 4.79 Å². The topological polar surface area (TPSA) is 46.5 Å². The first-order chi connectivity index (χ1) is 7.20. The van der Waals surface area contributed by atoms with Crippen LogP contribution in [0.3, 0.4) is 0 Å². The summed E-state index contributed by atoms with van der Waals surface area (Å²) in [6.45, 7) is 0. The average molecular weight is 204 g/mol. The highest BCUT2D eigenvalue weighted by atomic mass is 16.5. The van der Waals surface area contributed by atoms with Crippen molar-refractivity contribution in [3.63, 3.8) is 0 Å². The Morgan fingerprint density at radius 1 is 1.40 bits per heavy atom. The third kappa shape index (κ3) is 1.86. The van der Waals surface area contributed by atoms with Gasteiger partial charge in [0, 0.05) is 12.0 Å². The van der Waals surface area contributed by atoms with E-state index in [4.69, 9.17) is 9.84 Å². The molecule has 0 bridgehead atoms. The summed E-state index contributed by atoms with van der Waals surface area (Å²) in [5, 5.41) is 8.87. The zero-order valence-electron chi connectivity index (χ0n) is 8.49. The Morgan fingerprint density at radius 2 is 2.20 bits per heavy atom. The van der Waals surface area contributed by atoms with E-state index in [1.807, 2.05) is 18.2 Å². The van der Waals surface area contributed by atoms with Gasteiger partial charge in [-0.1, -0.05) is 12.1 Å². The Bertz CT molecular complexity index is 432. The number of ether oxygens (including phenoxy) is 1. The van der Waals surface area contributed by atoms with Crippen molar-refractivity contribution in [3.05, 3.63) is 41.0 Å². The predicted octanol–water partition coefficient (Wildman–Crippen LogP) is 1.80. The SMILES string of the molecule is COc1ccc2c(c1)CC=C(C(=O)O)C2. The van der Waals surface area contributed by atoms with Gasteiger partial charge in [0.2, 0.25) is 0 Å². The van der Waals surface area contributed by atoms with Gasteiger partial charge in [-0.05, 0) is 29.7 Å². The van der Waals surface area contributed by atoms with Gasteiger partial charge < -0.3 is 9.84 Å². The highest BCUT2D eigenvalue weighted by Crippen LogP contribution is 2.25. The predicted molar refractivity (Wildman–Crippen MR) is 56.1 cm³/mol. The molecule has 1 N–H and O–H groups in total. The van der Waals surface area contributed by atoms with Crippen LogP contribution < -0.4 is 4.74 Å². The second-order valence-corrected chi connectivity index (χ2v) is 3.55. The molecule has 0 aliphatic heterocycles. The largest absolute Gasteiger partial charge is 0.497 e. The van der Waals surface area contributed by atoms with E-state index in [-0.39, 0.29) is 0 Å². The number of carbonyl (C=O) groups is 1. The molecule has 1 aliphatic rings. The van der Waals surface area contributed by atoms with Crippen LogP contribution in [0.4, 0.5) is 0 Å². The van der Waals surface area contributed by atoms with Crippen LogP contribution in [0.1, 0.15) is 11.1 Å². The molecule has 0 amide bonds.